The highest BCUT2D eigenvalue weighted by Gasteiger charge is 2.26. The van der Waals surface area contributed by atoms with E-state index in [1.165, 1.54) is 0 Å². The lowest BCUT2D eigenvalue weighted by Crippen LogP contribution is -2.38. The highest BCUT2D eigenvalue weighted by atomic mass is 16.6. The van der Waals surface area contributed by atoms with Gasteiger partial charge in [0.1, 0.15) is 13.2 Å². The zero-order valence-corrected chi connectivity index (χ0v) is 13.3. The zero-order chi connectivity index (χ0) is 16.2. The van der Waals surface area contributed by atoms with Gasteiger partial charge >= 0.3 is 0 Å². The molecule has 0 radical (unpaired) electrons. The van der Waals surface area contributed by atoms with Crippen LogP contribution in [-0.4, -0.2) is 50.3 Å². The SMILES string of the molecule is COc1cc(/C=C/C(=O)N2CCCC2CN)cc2c1OCCO2. The first-order valence-corrected chi connectivity index (χ1v) is 7.89. The number of carbonyl (C=O) groups is 1. The summed E-state index contributed by atoms with van der Waals surface area (Å²) in [6.45, 7) is 2.30. The van der Waals surface area contributed by atoms with Crippen molar-refractivity contribution in [2.45, 2.75) is 18.9 Å². The lowest BCUT2D eigenvalue weighted by molar-refractivity contribution is -0.126. The summed E-state index contributed by atoms with van der Waals surface area (Å²) < 4.78 is 16.5. The molecule has 0 bridgehead atoms. The summed E-state index contributed by atoms with van der Waals surface area (Å²) in [7, 11) is 1.59. The summed E-state index contributed by atoms with van der Waals surface area (Å²) >= 11 is 0. The summed E-state index contributed by atoms with van der Waals surface area (Å²) in [4.78, 5) is 14.2. The maximum Gasteiger partial charge on any atom is 0.246 e. The minimum atomic E-state index is -0.00759. The van der Waals surface area contributed by atoms with E-state index in [2.05, 4.69) is 0 Å². The molecule has 2 heterocycles. The molecule has 1 saturated heterocycles. The van der Waals surface area contributed by atoms with Gasteiger partial charge < -0.3 is 24.8 Å². The van der Waals surface area contributed by atoms with Gasteiger partial charge in [-0.15, -0.1) is 0 Å². The van der Waals surface area contributed by atoms with Crippen LogP contribution in [0.4, 0.5) is 0 Å². The van der Waals surface area contributed by atoms with E-state index < -0.39 is 0 Å². The van der Waals surface area contributed by atoms with Crippen LogP contribution in [0.2, 0.25) is 0 Å². The molecule has 6 heteroatoms. The van der Waals surface area contributed by atoms with E-state index in [-0.39, 0.29) is 11.9 Å². The Morgan fingerprint density at radius 3 is 3.04 bits per heavy atom. The van der Waals surface area contributed by atoms with Crippen LogP contribution in [0.5, 0.6) is 17.2 Å². The van der Waals surface area contributed by atoms with Gasteiger partial charge in [0.25, 0.3) is 0 Å². The highest BCUT2D eigenvalue weighted by molar-refractivity contribution is 5.92. The molecule has 6 nitrogen and oxygen atoms in total. The number of ether oxygens (including phenoxy) is 3. The Labute approximate surface area is 135 Å². The van der Waals surface area contributed by atoms with E-state index in [9.17, 15) is 4.79 Å². The van der Waals surface area contributed by atoms with Crippen molar-refractivity contribution < 1.29 is 19.0 Å². The minimum Gasteiger partial charge on any atom is -0.493 e. The van der Waals surface area contributed by atoms with Gasteiger partial charge in [0, 0.05) is 25.2 Å². The fraction of sp³-hybridized carbons (Fsp3) is 0.471. The Bertz CT molecular complexity index is 598. The molecular weight excluding hydrogens is 296 g/mol. The third-order valence-corrected chi connectivity index (χ3v) is 4.20. The number of nitrogens with two attached hydrogens (primary N) is 1. The van der Waals surface area contributed by atoms with Crippen molar-refractivity contribution in [2.24, 2.45) is 5.73 Å². The molecule has 1 aromatic rings. The summed E-state index contributed by atoms with van der Waals surface area (Å²) in [5.41, 5.74) is 6.55. The number of carbonyl (C=O) groups excluding carboxylic acids is 1. The standard InChI is InChI=1S/C17H22N2O4/c1-21-14-9-12(10-15-17(14)23-8-7-22-15)4-5-16(20)19-6-2-3-13(19)11-18/h4-5,9-10,13H,2-3,6-8,11,18H2,1H3/b5-4+. The van der Waals surface area contributed by atoms with Crippen LogP contribution in [0.25, 0.3) is 6.08 Å². The smallest absolute Gasteiger partial charge is 0.246 e. The van der Waals surface area contributed by atoms with Crippen molar-refractivity contribution in [3.05, 3.63) is 23.8 Å². The summed E-state index contributed by atoms with van der Waals surface area (Å²) in [6, 6.07) is 3.84. The van der Waals surface area contributed by atoms with E-state index in [0.29, 0.717) is 37.0 Å². The fourth-order valence-corrected chi connectivity index (χ4v) is 3.02. The van der Waals surface area contributed by atoms with E-state index in [0.717, 1.165) is 24.9 Å². The molecule has 23 heavy (non-hydrogen) atoms. The van der Waals surface area contributed by atoms with Gasteiger partial charge in [0.05, 0.1) is 7.11 Å². The quantitative estimate of drug-likeness (QED) is 0.850. The first-order chi connectivity index (χ1) is 11.2. The van der Waals surface area contributed by atoms with Crippen molar-refractivity contribution in [3.8, 4) is 17.2 Å². The van der Waals surface area contributed by atoms with Crippen LogP contribution in [-0.2, 0) is 4.79 Å². The molecule has 1 fully saturated rings. The number of fused-ring (bicyclic) bond motifs is 1. The lowest BCUT2D eigenvalue weighted by Gasteiger charge is -2.22. The number of hydrogen-bond acceptors (Lipinski definition) is 5. The van der Waals surface area contributed by atoms with Gasteiger partial charge in [-0.25, -0.2) is 0 Å². The van der Waals surface area contributed by atoms with E-state index >= 15 is 0 Å². The first-order valence-electron chi connectivity index (χ1n) is 7.89. The van der Waals surface area contributed by atoms with Gasteiger partial charge in [-0.2, -0.15) is 0 Å². The Morgan fingerprint density at radius 1 is 1.43 bits per heavy atom. The van der Waals surface area contributed by atoms with Crippen LogP contribution < -0.4 is 19.9 Å². The van der Waals surface area contributed by atoms with Gasteiger partial charge in [-0.05, 0) is 36.6 Å². The molecule has 124 valence electrons. The summed E-state index contributed by atoms with van der Waals surface area (Å²) in [6.07, 6.45) is 5.35. The lowest BCUT2D eigenvalue weighted by atomic mass is 10.1. The number of methoxy groups -OCH3 is 1. The molecule has 1 amide bonds. The molecule has 2 N–H and O–H groups in total. The predicted molar refractivity (Wildman–Crippen MR) is 86.8 cm³/mol. The minimum absolute atomic E-state index is 0.00759. The molecule has 1 unspecified atom stereocenters. The normalized spacial score (nSPS) is 20.1. The number of likely N-dealkylation sites (tertiary alicyclic amines) is 1. The number of nitrogens with zero attached hydrogens (tertiary/aromatic N) is 1. The van der Waals surface area contributed by atoms with Crippen molar-refractivity contribution in [2.75, 3.05) is 33.4 Å². The highest BCUT2D eigenvalue weighted by Crippen LogP contribution is 2.40. The van der Waals surface area contributed by atoms with Crippen LogP contribution in [0.1, 0.15) is 18.4 Å². The van der Waals surface area contributed by atoms with Gasteiger partial charge in [0.15, 0.2) is 11.5 Å². The van der Waals surface area contributed by atoms with Crippen molar-refractivity contribution in [3.63, 3.8) is 0 Å². The third-order valence-electron chi connectivity index (χ3n) is 4.20. The summed E-state index contributed by atoms with van der Waals surface area (Å²) in [5.74, 6) is 1.86. The molecule has 0 saturated carbocycles. The molecule has 3 rings (SSSR count). The number of rotatable bonds is 4. The van der Waals surface area contributed by atoms with Crippen LogP contribution in [0.15, 0.2) is 18.2 Å². The monoisotopic (exact) mass is 318 g/mol. The number of amides is 1. The van der Waals surface area contributed by atoms with Gasteiger partial charge in [-0.1, -0.05) is 0 Å². The topological polar surface area (TPSA) is 74.0 Å². The van der Waals surface area contributed by atoms with Crippen LogP contribution in [0.3, 0.4) is 0 Å². The Hall–Kier alpha value is -2.21. The Kier molecular flexibility index (Phi) is 4.71. The fourth-order valence-electron chi connectivity index (χ4n) is 3.02. The average molecular weight is 318 g/mol. The van der Waals surface area contributed by atoms with E-state index in [1.54, 1.807) is 19.3 Å². The third kappa shape index (κ3) is 3.27. The van der Waals surface area contributed by atoms with Crippen molar-refractivity contribution >= 4 is 12.0 Å². The molecule has 0 aromatic heterocycles. The van der Waals surface area contributed by atoms with Crippen LogP contribution >= 0.6 is 0 Å². The van der Waals surface area contributed by atoms with E-state index in [1.807, 2.05) is 17.0 Å². The van der Waals surface area contributed by atoms with E-state index in [4.69, 9.17) is 19.9 Å². The molecule has 2 aliphatic heterocycles. The van der Waals surface area contributed by atoms with Crippen molar-refractivity contribution in [1.29, 1.82) is 0 Å². The number of hydrogen-bond donors (Lipinski definition) is 1. The molecule has 0 aliphatic carbocycles. The average Bonchev–Trinajstić information content (AvgIpc) is 3.07. The maximum absolute atomic E-state index is 12.3. The largest absolute Gasteiger partial charge is 0.493 e. The van der Waals surface area contributed by atoms with Crippen LogP contribution in [0, 0.1) is 0 Å². The Balaban J connectivity index is 1.78. The molecule has 1 atom stereocenters. The maximum atomic E-state index is 12.3. The second-order valence-electron chi connectivity index (χ2n) is 5.64. The second-order valence-corrected chi connectivity index (χ2v) is 5.64. The number of benzene rings is 1. The Morgan fingerprint density at radius 2 is 2.26 bits per heavy atom. The first kappa shape index (κ1) is 15.7. The van der Waals surface area contributed by atoms with Gasteiger partial charge in [-0.3, -0.25) is 4.79 Å². The molecule has 1 aromatic carbocycles. The van der Waals surface area contributed by atoms with Gasteiger partial charge in [0.2, 0.25) is 11.7 Å². The molecule has 0 spiro atoms. The second kappa shape index (κ2) is 6.91. The zero-order valence-electron chi connectivity index (χ0n) is 13.3. The molecular formula is C17H22N2O4. The van der Waals surface area contributed by atoms with Crippen molar-refractivity contribution in [1.82, 2.24) is 4.90 Å². The summed E-state index contributed by atoms with van der Waals surface area (Å²) in [5, 5.41) is 0. The predicted octanol–water partition coefficient (Wildman–Crippen LogP) is 1.43. The molecule has 2 aliphatic rings.